The summed E-state index contributed by atoms with van der Waals surface area (Å²) in [6.07, 6.45) is 1.83. The van der Waals surface area contributed by atoms with Crippen molar-refractivity contribution in [1.29, 1.82) is 0 Å². The van der Waals surface area contributed by atoms with Crippen molar-refractivity contribution < 1.29 is 9.59 Å². The van der Waals surface area contributed by atoms with Gasteiger partial charge in [-0.2, -0.15) is 0 Å². The molecule has 1 saturated heterocycles. The quantitative estimate of drug-likeness (QED) is 0.668. The number of amides is 2. The average molecular weight is 372 g/mol. The number of aryl methyl sites for hydroxylation is 3. The molecule has 0 atom stereocenters. The maximum Gasteiger partial charge on any atom is 0.293 e. The molecule has 1 heterocycles. The summed E-state index contributed by atoms with van der Waals surface area (Å²) in [5.74, 6) is -0.246. The molecular weight excluding hydrogens is 354 g/mol. The first-order valence-electron chi connectivity index (χ1n) is 7.93. The number of halogens is 1. The lowest BCUT2D eigenvalue weighted by atomic mass is 9.99. The Balaban J connectivity index is 1.87. The summed E-state index contributed by atoms with van der Waals surface area (Å²) in [6, 6.07) is 11.3. The van der Waals surface area contributed by atoms with Crippen molar-refractivity contribution in [3.8, 4) is 0 Å². The number of nitrogens with zero attached hydrogens (tertiary/aromatic N) is 1. The molecule has 1 fully saturated rings. The van der Waals surface area contributed by atoms with E-state index in [1.165, 1.54) is 10.5 Å². The number of carbonyl (C=O) groups is 2. The molecule has 0 spiro atoms. The molecule has 0 bridgehead atoms. The normalized spacial score (nSPS) is 16.2. The second-order valence-corrected chi connectivity index (χ2v) is 7.64. The number of benzene rings is 2. The number of hydrogen-bond donors (Lipinski definition) is 0. The summed E-state index contributed by atoms with van der Waals surface area (Å²) in [5.41, 5.74) is 5.25. The van der Waals surface area contributed by atoms with Crippen LogP contribution in [0.5, 0.6) is 0 Å². The van der Waals surface area contributed by atoms with E-state index < -0.39 is 0 Å². The Morgan fingerprint density at radius 3 is 2.24 bits per heavy atom. The molecule has 0 aromatic heterocycles. The van der Waals surface area contributed by atoms with Gasteiger partial charge in [0.05, 0.1) is 11.4 Å². The van der Waals surface area contributed by atoms with Crippen molar-refractivity contribution in [3.63, 3.8) is 0 Å². The Bertz CT molecular complexity index is 864. The predicted molar refractivity (Wildman–Crippen MR) is 104 cm³/mol. The highest BCUT2D eigenvalue weighted by molar-refractivity contribution is 8.18. The first-order chi connectivity index (χ1) is 11.8. The van der Waals surface area contributed by atoms with E-state index in [0.717, 1.165) is 34.0 Å². The minimum atomic E-state index is -0.246. The van der Waals surface area contributed by atoms with Gasteiger partial charge in [0.2, 0.25) is 0 Å². The zero-order valence-electron chi connectivity index (χ0n) is 14.3. The topological polar surface area (TPSA) is 37.4 Å². The molecule has 5 heteroatoms. The minimum Gasteiger partial charge on any atom is -0.268 e. The lowest BCUT2D eigenvalue weighted by Crippen LogP contribution is -2.27. The summed E-state index contributed by atoms with van der Waals surface area (Å²) < 4.78 is 0. The van der Waals surface area contributed by atoms with Crippen LogP contribution in [-0.2, 0) is 11.3 Å². The van der Waals surface area contributed by atoms with E-state index in [1.54, 1.807) is 12.1 Å². The van der Waals surface area contributed by atoms with Gasteiger partial charge in [-0.3, -0.25) is 14.5 Å². The van der Waals surface area contributed by atoms with Crippen molar-refractivity contribution in [2.24, 2.45) is 0 Å². The Kier molecular flexibility index (Phi) is 5.02. The second-order valence-electron chi connectivity index (χ2n) is 6.21. The van der Waals surface area contributed by atoms with Crippen LogP contribution < -0.4 is 0 Å². The molecular formula is C20H18ClNO2S. The summed E-state index contributed by atoms with van der Waals surface area (Å²) in [5, 5.41) is 0.386. The van der Waals surface area contributed by atoms with Crippen LogP contribution in [0, 0.1) is 20.8 Å². The van der Waals surface area contributed by atoms with E-state index in [-0.39, 0.29) is 17.7 Å². The molecule has 0 N–H and O–H groups in total. The molecule has 3 rings (SSSR count). The van der Waals surface area contributed by atoms with Gasteiger partial charge in [0, 0.05) is 5.02 Å². The summed E-state index contributed by atoms with van der Waals surface area (Å²) >= 11 is 6.87. The third-order valence-electron chi connectivity index (χ3n) is 4.14. The van der Waals surface area contributed by atoms with Crippen LogP contribution in [0.1, 0.15) is 27.8 Å². The molecule has 0 aliphatic carbocycles. The van der Waals surface area contributed by atoms with Crippen LogP contribution in [0.3, 0.4) is 0 Å². The fourth-order valence-electron chi connectivity index (χ4n) is 2.96. The van der Waals surface area contributed by atoms with E-state index in [0.29, 0.717) is 9.93 Å². The van der Waals surface area contributed by atoms with Crippen LogP contribution in [0.2, 0.25) is 5.02 Å². The van der Waals surface area contributed by atoms with Crippen molar-refractivity contribution in [2.45, 2.75) is 27.3 Å². The van der Waals surface area contributed by atoms with Crippen LogP contribution in [0.25, 0.3) is 6.08 Å². The van der Waals surface area contributed by atoms with E-state index >= 15 is 0 Å². The molecule has 128 valence electrons. The third kappa shape index (κ3) is 3.80. The van der Waals surface area contributed by atoms with E-state index in [4.69, 9.17) is 11.6 Å². The first-order valence-corrected chi connectivity index (χ1v) is 9.12. The highest BCUT2D eigenvalue weighted by Gasteiger charge is 2.35. The Morgan fingerprint density at radius 2 is 1.64 bits per heavy atom. The van der Waals surface area contributed by atoms with E-state index in [2.05, 4.69) is 12.1 Å². The van der Waals surface area contributed by atoms with Gasteiger partial charge in [-0.1, -0.05) is 41.4 Å². The maximum atomic E-state index is 12.7. The zero-order chi connectivity index (χ0) is 18.1. The molecule has 2 aromatic rings. The number of rotatable bonds is 3. The predicted octanol–water partition coefficient (Wildman–Crippen LogP) is 5.50. The number of hydrogen-bond acceptors (Lipinski definition) is 3. The van der Waals surface area contributed by atoms with E-state index in [9.17, 15) is 9.59 Å². The van der Waals surface area contributed by atoms with E-state index in [1.807, 2.05) is 39.0 Å². The van der Waals surface area contributed by atoms with Crippen LogP contribution >= 0.6 is 23.4 Å². The van der Waals surface area contributed by atoms with Gasteiger partial charge in [-0.15, -0.1) is 0 Å². The fourth-order valence-corrected chi connectivity index (χ4v) is 3.90. The van der Waals surface area contributed by atoms with Gasteiger partial charge < -0.3 is 0 Å². The molecule has 0 unspecified atom stereocenters. The third-order valence-corrected chi connectivity index (χ3v) is 5.30. The van der Waals surface area contributed by atoms with Crippen LogP contribution in [0.15, 0.2) is 41.3 Å². The molecule has 1 aliphatic rings. The second kappa shape index (κ2) is 7.06. The van der Waals surface area contributed by atoms with Gasteiger partial charge in [-0.25, -0.2) is 0 Å². The number of carbonyl (C=O) groups excluding carboxylic acids is 2. The number of imide groups is 1. The Morgan fingerprint density at radius 1 is 1.04 bits per heavy atom. The maximum absolute atomic E-state index is 12.7. The van der Waals surface area contributed by atoms with Crippen molar-refractivity contribution in [2.75, 3.05) is 0 Å². The van der Waals surface area contributed by atoms with Gasteiger partial charge in [0.15, 0.2) is 0 Å². The number of thioether (sulfide) groups is 1. The standard InChI is InChI=1S/C20H18ClNO2S/c1-12-8-13(2)17(14(3)9-12)10-18-19(23)22(20(24)25-18)11-15-4-6-16(21)7-5-15/h4-10H,11H2,1-3H3/b18-10-. The Labute approximate surface area is 156 Å². The lowest BCUT2D eigenvalue weighted by Gasteiger charge is -2.12. The minimum absolute atomic E-state index is 0.242. The summed E-state index contributed by atoms with van der Waals surface area (Å²) in [7, 11) is 0. The Hall–Kier alpha value is -2.04. The average Bonchev–Trinajstić information content (AvgIpc) is 2.80. The van der Waals surface area contributed by atoms with Crippen molar-refractivity contribution in [3.05, 3.63) is 74.1 Å². The van der Waals surface area contributed by atoms with Crippen LogP contribution in [-0.4, -0.2) is 16.0 Å². The van der Waals surface area contributed by atoms with Crippen molar-refractivity contribution in [1.82, 2.24) is 4.90 Å². The fraction of sp³-hybridized carbons (Fsp3) is 0.200. The molecule has 3 nitrogen and oxygen atoms in total. The summed E-state index contributed by atoms with van der Waals surface area (Å²) in [6.45, 7) is 6.34. The monoisotopic (exact) mass is 371 g/mol. The smallest absolute Gasteiger partial charge is 0.268 e. The largest absolute Gasteiger partial charge is 0.293 e. The SMILES string of the molecule is Cc1cc(C)c(/C=C2\SC(=O)N(Cc3ccc(Cl)cc3)C2=O)c(C)c1. The zero-order valence-corrected chi connectivity index (χ0v) is 15.9. The molecule has 2 amide bonds. The highest BCUT2D eigenvalue weighted by atomic mass is 35.5. The van der Waals surface area contributed by atoms with Gasteiger partial charge in [-0.05, 0) is 73.0 Å². The molecule has 0 radical (unpaired) electrons. The first kappa shape index (κ1) is 17.8. The molecule has 0 saturated carbocycles. The van der Waals surface area contributed by atoms with Crippen LogP contribution in [0.4, 0.5) is 4.79 Å². The van der Waals surface area contributed by atoms with Gasteiger partial charge in [0.25, 0.3) is 11.1 Å². The summed E-state index contributed by atoms with van der Waals surface area (Å²) in [4.78, 5) is 26.7. The van der Waals surface area contributed by atoms with Crippen molar-refractivity contribution >= 4 is 40.6 Å². The lowest BCUT2D eigenvalue weighted by molar-refractivity contribution is -0.123. The van der Waals surface area contributed by atoms with Gasteiger partial charge >= 0.3 is 0 Å². The molecule has 2 aromatic carbocycles. The molecule has 25 heavy (non-hydrogen) atoms. The highest BCUT2D eigenvalue weighted by Crippen LogP contribution is 2.34. The van der Waals surface area contributed by atoms with Gasteiger partial charge in [0.1, 0.15) is 0 Å². The molecule has 1 aliphatic heterocycles.